The summed E-state index contributed by atoms with van der Waals surface area (Å²) in [5.41, 5.74) is 1.04. The van der Waals surface area contributed by atoms with Gasteiger partial charge in [-0.1, -0.05) is 12.1 Å². The first kappa shape index (κ1) is 9.86. The summed E-state index contributed by atoms with van der Waals surface area (Å²) in [7, 11) is 0. The average Bonchev–Trinajstić information content (AvgIpc) is 2.64. The van der Waals surface area contributed by atoms with E-state index in [-0.39, 0.29) is 11.7 Å². The highest BCUT2D eigenvalue weighted by molar-refractivity contribution is 6.04. The topological polar surface area (TPSA) is 46.6 Å². The highest BCUT2D eigenvalue weighted by Gasteiger charge is 2.26. The zero-order chi connectivity index (χ0) is 10.8. The predicted octanol–water partition coefficient (Wildman–Crippen LogP) is 1.56. The molecule has 1 aromatic carbocycles. The van der Waals surface area contributed by atoms with Gasteiger partial charge in [-0.25, -0.2) is 0 Å². The van der Waals surface area contributed by atoms with Crippen LogP contribution in [0.4, 0.5) is 5.69 Å². The van der Waals surface area contributed by atoms with Crippen molar-refractivity contribution < 1.29 is 14.4 Å². The first-order chi connectivity index (χ1) is 7.20. The third-order valence-electron chi connectivity index (χ3n) is 2.26. The van der Waals surface area contributed by atoms with Crippen LogP contribution < -0.4 is 5.06 Å². The fraction of sp³-hybridized carbons (Fsp3) is 0.273. The molecule has 4 heteroatoms. The van der Waals surface area contributed by atoms with Crippen molar-refractivity contribution in [3.8, 4) is 0 Å². The maximum atomic E-state index is 11.4. The van der Waals surface area contributed by atoms with Crippen molar-refractivity contribution in [2.75, 3.05) is 11.7 Å². The molecule has 4 nitrogen and oxygen atoms in total. The lowest BCUT2D eigenvalue weighted by Gasteiger charge is -2.16. The fourth-order valence-corrected chi connectivity index (χ4v) is 1.55. The Morgan fingerprint density at radius 3 is 2.73 bits per heavy atom. The standard InChI is InChI=1S/C11H11NO3/c1-8(13)9-4-2-3-5-10(9)12-11(14)6-7-15-12/h2-5H,6-7H2,1H3. The molecule has 0 spiro atoms. The van der Waals surface area contributed by atoms with E-state index >= 15 is 0 Å². The van der Waals surface area contributed by atoms with Crippen molar-refractivity contribution in [3.63, 3.8) is 0 Å². The molecule has 78 valence electrons. The smallest absolute Gasteiger partial charge is 0.253 e. The van der Waals surface area contributed by atoms with Gasteiger partial charge in [0.15, 0.2) is 5.78 Å². The summed E-state index contributed by atoms with van der Waals surface area (Å²) in [5.74, 6) is -0.183. The Hall–Kier alpha value is -1.68. The number of anilines is 1. The van der Waals surface area contributed by atoms with E-state index in [9.17, 15) is 9.59 Å². The maximum absolute atomic E-state index is 11.4. The van der Waals surface area contributed by atoms with Gasteiger partial charge in [0.25, 0.3) is 5.91 Å². The Morgan fingerprint density at radius 1 is 1.40 bits per heavy atom. The number of ketones is 1. The van der Waals surface area contributed by atoms with E-state index in [1.54, 1.807) is 24.3 Å². The van der Waals surface area contributed by atoms with Crippen LogP contribution in [0.2, 0.25) is 0 Å². The van der Waals surface area contributed by atoms with Crippen LogP contribution in [0.25, 0.3) is 0 Å². The van der Waals surface area contributed by atoms with Gasteiger partial charge in [-0.05, 0) is 19.1 Å². The predicted molar refractivity (Wildman–Crippen MR) is 54.5 cm³/mol. The van der Waals surface area contributed by atoms with E-state index in [0.29, 0.717) is 24.3 Å². The number of nitrogens with zero attached hydrogens (tertiary/aromatic N) is 1. The average molecular weight is 205 g/mol. The van der Waals surface area contributed by atoms with E-state index in [0.717, 1.165) is 0 Å². The number of rotatable bonds is 2. The van der Waals surface area contributed by atoms with E-state index < -0.39 is 0 Å². The van der Waals surface area contributed by atoms with E-state index in [1.807, 2.05) is 0 Å². The van der Waals surface area contributed by atoms with Gasteiger partial charge >= 0.3 is 0 Å². The summed E-state index contributed by atoms with van der Waals surface area (Å²) in [4.78, 5) is 27.9. The van der Waals surface area contributed by atoms with Crippen LogP contribution in [-0.2, 0) is 9.63 Å². The fourth-order valence-electron chi connectivity index (χ4n) is 1.55. The molecule has 15 heavy (non-hydrogen) atoms. The van der Waals surface area contributed by atoms with Crippen LogP contribution >= 0.6 is 0 Å². The summed E-state index contributed by atoms with van der Waals surface area (Å²) in [6.45, 7) is 1.85. The van der Waals surface area contributed by atoms with E-state index in [4.69, 9.17) is 4.84 Å². The van der Waals surface area contributed by atoms with Crippen LogP contribution in [0.5, 0.6) is 0 Å². The summed E-state index contributed by atoms with van der Waals surface area (Å²) < 4.78 is 0. The SMILES string of the molecule is CC(=O)c1ccccc1N1OCCC1=O. The number of amides is 1. The molecule has 0 aromatic heterocycles. The number of benzene rings is 1. The molecule has 0 atom stereocenters. The second-order valence-corrected chi connectivity index (χ2v) is 3.34. The Kier molecular flexibility index (Phi) is 2.51. The normalized spacial score (nSPS) is 15.8. The minimum Gasteiger partial charge on any atom is -0.294 e. The van der Waals surface area contributed by atoms with Crippen molar-refractivity contribution >= 4 is 17.4 Å². The van der Waals surface area contributed by atoms with Crippen LogP contribution in [0.3, 0.4) is 0 Å². The van der Waals surface area contributed by atoms with Gasteiger partial charge in [-0.3, -0.25) is 14.4 Å². The molecule has 1 amide bonds. The van der Waals surface area contributed by atoms with E-state index in [1.165, 1.54) is 12.0 Å². The molecule has 1 saturated heterocycles. The number of hydroxylamine groups is 1. The highest BCUT2D eigenvalue weighted by atomic mass is 16.7. The van der Waals surface area contributed by atoms with Gasteiger partial charge in [-0.15, -0.1) is 0 Å². The Labute approximate surface area is 87.4 Å². The summed E-state index contributed by atoms with van der Waals surface area (Å²) in [6.07, 6.45) is 0.367. The van der Waals surface area contributed by atoms with Gasteiger partial charge in [-0.2, -0.15) is 5.06 Å². The largest absolute Gasteiger partial charge is 0.294 e. The lowest BCUT2D eigenvalue weighted by atomic mass is 10.1. The van der Waals surface area contributed by atoms with Crippen molar-refractivity contribution in [1.29, 1.82) is 0 Å². The van der Waals surface area contributed by atoms with Gasteiger partial charge in [0.1, 0.15) is 0 Å². The maximum Gasteiger partial charge on any atom is 0.253 e. The zero-order valence-electron chi connectivity index (χ0n) is 8.40. The van der Waals surface area contributed by atoms with Crippen molar-refractivity contribution in [3.05, 3.63) is 29.8 Å². The second kappa shape index (κ2) is 3.82. The molecular weight excluding hydrogens is 194 g/mol. The number of carbonyl (C=O) groups is 2. The molecule has 0 saturated carbocycles. The number of hydrogen-bond acceptors (Lipinski definition) is 3. The molecule has 1 fully saturated rings. The Bertz CT molecular complexity index is 414. The first-order valence-corrected chi connectivity index (χ1v) is 4.76. The molecule has 2 rings (SSSR count). The van der Waals surface area contributed by atoms with Crippen LogP contribution in [0.1, 0.15) is 23.7 Å². The highest BCUT2D eigenvalue weighted by Crippen LogP contribution is 2.24. The van der Waals surface area contributed by atoms with Gasteiger partial charge < -0.3 is 0 Å². The van der Waals surface area contributed by atoms with Gasteiger partial charge in [0, 0.05) is 5.56 Å². The molecule has 1 aliphatic heterocycles. The molecule has 0 N–H and O–H groups in total. The van der Waals surface area contributed by atoms with Gasteiger partial charge in [0.2, 0.25) is 0 Å². The van der Waals surface area contributed by atoms with Crippen LogP contribution in [0.15, 0.2) is 24.3 Å². The minimum absolute atomic E-state index is 0.0751. The van der Waals surface area contributed by atoms with Crippen molar-refractivity contribution in [1.82, 2.24) is 0 Å². The Morgan fingerprint density at radius 2 is 2.13 bits per heavy atom. The summed E-state index contributed by atoms with van der Waals surface area (Å²) in [6, 6.07) is 6.93. The molecule has 0 aliphatic carbocycles. The quantitative estimate of drug-likeness (QED) is 0.688. The molecule has 0 radical (unpaired) electrons. The lowest BCUT2D eigenvalue weighted by molar-refractivity contribution is -0.119. The number of Topliss-reactive ketones (excluding diaryl/α,β-unsaturated/α-hetero) is 1. The number of hydrogen-bond donors (Lipinski definition) is 0. The monoisotopic (exact) mass is 205 g/mol. The molecule has 1 aliphatic rings. The lowest BCUT2D eigenvalue weighted by Crippen LogP contribution is -2.24. The third-order valence-corrected chi connectivity index (χ3v) is 2.26. The number of carbonyl (C=O) groups excluding carboxylic acids is 2. The first-order valence-electron chi connectivity index (χ1n) is 4.76. The Balaban J connectivity index is 2.42. The summed E-state index contributed by atoms with van der Waals surface area (Å²) >= 11 is 0. The molecule has 0 unspecified atom stereocenters. The molecular formula is C11H11NO3. The van der Waals surface area contributed by atoms with Crippen LogP contribution in [0, 0.1) is 0 Å². The summed E-state index contributed by atoms with van der Waals surface area (Å²) in [5, 5.41) is 1.21. The van der Waals surface area contributed by atoms with Gasteiger partial charge in [0.05, 0.1) is 18.7 Å². The van der Waals surface area contributed by atoms with Crippen LogP contribution in [-0.4, -0.2) is 18.3 Å². The third kappa shape index (κ3) is 1.76. The second-order valence-electron chi connectivity index (χ2n) is 3.34. The molecule has 1 heterocycles. The van der Waals surface area contributed by atoms with E-state index in [2.05, 4.69) is 0 Å². The van der Waals surface area contributed by atoms with Crippen molar-refractivity contribution in [2.45, 2.75) is 13.3 Å². The number of para-hydroxylation sites is 1. The molecule has 1 aromatic rings. The molecule has 0 bridgehead atoms. The minimum atomic E-state index is -0.108. The van der Waals surface area contributed by atoms with Crippen molar-refractivity contribution in [2.24, 2.45) is 0 Å². The zero-order valence-corrected chi connectivity index (χ0v) is 8.40.